The van der Waals surface area contributed by atoms with Crippen LogP contribution in [0.1, 0.15) is 18.1 Å². The molecule has 1 aliphatic heterocycles. The van der Waals surface area contributed by atoms with Gasteiger partial charge in [0, 0.05) is 7.05 Å². The lowest BCUT2D eigenvalue weighted by Gasteiger charge is -2.19. The zero-order valence-electron chi connectivity index (χ0n) is 14.5. The SMILES string of the molecule is CC1C(=O)Nc2ccc(CCOCc3ccccc3)cc2N(C)C1=O. The average Bonchev–Trinajstić information content (AvgIpc) is 2.71. The minimum Gasteiger partial charge on any atom is -0.376 e. The smallest absolute Gasteiger partial charge is 0.239 e. The Morgan fingerprint density at radius 1 is 1.08 bits per heavy atom. The third-order valence-electron chi connectivity index (χ3n) is 4.42. The number of nitrogens with zero attached hydrogens (tertiary/aromatic N) is 1. The minimum atomic E-state index is -0.685. The van der Waals surface area contributed by atoms with Crippen molar-refractivity contribution in [1.82, 2.24) is 0 Å². The molecule has 0 spiro atoms. The molecule has 25 heavy (non-hydrogen) atoms. The van der Waals surface area contributed by atoms with E-state index in [2.05, 4.69) is 5.32 Å². The molecule has 2 aromatic rings. The van der Waals surface area contributed by atoms with Gasteiger partial charge in [0.05, 0.1) is 24.6 Å². The first-order valence-electron chi connectivity index (χ1n) is 8.39. The van der Waals surface area contributed by atoms with Crippen LogP contribution >= 0.6 is 0 Å². The Hall–Kier alpha value is -2.66. The van der Waals surface area contributed by atoms with E-state index in [0.717, 1.165) is 23.2 Å². The first kappa shape index (κ1) is 17.2. The van der Waals surface area contributed by atoms with Gasteiger partial charge in [-0.2, -0.15) is 0 Å². The van der Waals surface area contributed by atoms with Crippen molar-refractivity contribution < 1.29 is 14.3 Å². The van der Waals surface area contributed by atoms with Crippen molar-refractivity contribution in [3.05, 3.63) is 59.7 Å². The summed E-state index contributed by atoms with van der Waals surface area (Å²) in [5, 5.41) is 2.82. The number of carbonyl (C=O) groups is 2. The van der Waals surface area contributed by atoms with Crippen molar-refractivity contribution in [3.8, 4) is 0 Å². The molecular formula is C20H22N2O3. The molecule has 1 heterocycles. The van der Waals surface area contributed by atoms with Gasteiger partial charge in [0.15, 0.2) is 0 Å². The topological polar surface area (TPSA) is 58.6 Å². The number of hydrogen-bond acceptors (Lipinski definition) is 3. The second-order valence-electron chi connectivity index (χ2n) is 6.25. The zero-order valence-corrected chi connectivity index (χ0v) is 14.5. The molecule has 130 valence electrons. The molecule has 1 unspecified atom stereocenters. The normalized spacial score (nSPS) is 17.0. The molecule has 1 aliphatic rings. The predicted molar refractivity (Wildman–Crippen MR) is 97.4 cm³/mol. The maximum absolute atomic E-state index is 12.3. The van der Waals surface area contributed by atoms with E-state index in [0.29, 0.717) is 18.9 Å². The zero-order chi connectivity index (χ0) is 17.8. The summed E-state index contributed by atoms with van der Waals surface area (Å²) < 4.78 is 5.72. The van der Waals surface area contributed by atoms with Crippen LogP contribution in [0.2, 0.25) is 0 Å². The van der Waals surface area contributed by atoms with Crippen LogP contribution in [0.5, 0.6) is 0 Å². The average molecular weight is 338 g/mol. The largest absolute Gasteiger partial charge is 0.376 e. The molecule has 0 bridgehead atoms. The van der Waals surface area contributed by atoms with E-state index in [-0.39, 0.29) is 11.8 Å². The Morgan fingerprint density at radius 3 is 2.60 bits per heavy atom. The van der Waals surface area contributed by atoms with Crippen molar-refractivity contribution in [3.63, 3.8) is 0 Å². The van der Waals surface area contributed by atoms with Crippen molar-refractivity contribution in [2.24, 2.45) is 5.92 Å². The van der Waals surface area contributed by atoms with Crippen molar-refractivity contribution in [1.29, 1.82) is 0 Å². The van der Waals surface area contributed by atoms with Crippen LogP contribution in [-0.2, 0) is 27.4 Å². The fraction of sp³-hybridized carbons (Fsp3) is 0.300. The number of ether oxygens (including phenoxy) is 1. The fourth-order valence-electron chi connectivity index (χ4n) is 2.83. The number of hydrogen-bond donors (Lipinski definition) is 1. The summed E-state index contributed by atoms with van der Waals surface area (Å²) in [4.78, 5) is 25.8. The first-order valence-corrected chi connectivity index (χ1v) is 8.39. The number of benzene rings is 2. The summed E-state index contributed by atoms with van der Waals surface area (Å²) in [5.74, 6) is -1.15. The molecule has 0 fully saturated rings. The summed E-state index contributed by atoms with van der Waals surface area (Å²) >= 11 is 0. The molecule has 0 aliphatic carbocycles. The lowest BCUT2D eigenvalue weighted by molar-refractivity contribution is -0.129. The van der Waals surface area contributed by atoms with Gasteiger partial charge in [0.25, 0.3) is 0 Å². The molecule has 5 heteroatoms. The summed E-state index contributed by atoms with van der Waals surface area (Å²) in [5.41, 5.74) is 3.60. The quantitative estimate of drug-likeness (QED) is 0.673. The van der Waals surface area contributed by atoms with E-state index >= 15 is 0 Å². The van der Waals surface area contributed by atoms with E-state index < -0.39 is 5.92 Å². The fourth-order valence-corrected chi connectivity index (χ4v) is 2.83. The number of rotatable bonds is 5. The maximum atomic E-state index is 12.3. The van der Waals surface area contributed by atoms with Crippen LogP contribution in [-0.4, -0.2) is 25.5 Å². The van der Waals surface area contributed by atoms with Crippen molar-refractivity contribution in [2.45, 2.75) is 20.0 Å². The van der Waals surface area contributed by atoms with Crippen LogP contribution in [0, 0.1) is 5.92 Å². The van der Waals surface area contributed by atoms with Gasteiger partial charge in [-0.3, -0.25) is 9.59 Å². The highest BCUT2D eigenvalue weighted by Crippen LogP contribution is 2.31. The summed E-state index contributed by atoms with van der Waals surface area (Å²) in [7, 11) is 1.70. The second kappa shape index (κ2) is 7.49. The molecule has 0 aromatic heterocycles. The molecule has 0 saturated heterocycles. The Balaban J connectivity index is 1.65. The van der Waals surface area contributed by atoms with Gasteiger partial charge in [0.2, 0.25) is 11.8 Å². The Kier molecular flexibility index (Phi) is 5.14. The number of fused-ring (bicyclic) bond motifs is 1. The van der Waals surface area contributed by atoms with Gasteiger partial charge in [-0.1, -0.05) is 36.4 Å². The molecule has 0 radical (unpaired) electrons. The van der Waals surface area contributed by atoms with Crippen molar-refractivity contribution in [2.75, 3.05) is 23.9 Å². The lowest BCUT2D eigenvalue weighted by Crippen LogP contribution is -2.34. The van der Waals surface area contributed by atoms with Gasteiger partial charge in [-0.05, 0) is 36.6 Å². The first-order chi connectivity index (χ1) is 12.1. The van der Waals surface area contributed by atoms with E-state index in [9.17, 15) is 9.59 Å². The molecule has 5 nitrogen and oxygen atoms in total. The van der Waals surface area contributed by atoms with Crippen LogP contribution in [0.4, 0.5) is 11.4 Å². The van der Waals surface area contributed by atoms with Crippen LogP contribution in [0.3, 0.4) is 0 Å². The van der Waals surface area contributed by atoms with E-state index in [1.54, 1.807) is 18.9 Å². The predicted octanol–water partition coefficient (Wildman–Crippen LogP) is 3.00. The molecule has 2 aromatic carbocycles. The highest BCUT2D eigenvalue weighted by Gasteiger charge is 2.30. The van der Waals surface area contributed by atoms with Crippen LogP contribution in [0.25, 0.3) is 0 Å². The Labute approximate surface area is 147 Å². The number of carbonyl (C=O) groups excluding carboxylic acids is 2. The third-order valence-corrected chi connectivity index (χ3v) is 4.42. The number of anilines is 2. The maximum Gasteiger partial charge on any atom is 0.239 e. The van der Waals surface area contributed by atoms with Crippen LogP contribution < -0.4 is 10.2 Å². The van der Waals surface area contributed by atoms with Gasteiger partial charge in [-0.15, -0.1) is 0 Å². The highest BCUT2D eigenvalue weighted by atomic mass is 16.5. The summed E-state index contributed by atoms with van der Waals surface area (Å²) in [6.45, 7) is 2.80. The van der Waals surface area contributed by atoms with Gasteiger partial charge in [-0.25, -0.2) is 0 Å². The number of nitrogens with one attached hydrogen (secondary N) is 1. The van der Waals surface area contributed by atoms with E-state index in [1.807, 2.05) is 48.5 Å². The lowest BCUT2D eigenvalue weighted by atomic mass is 10.1. The highest BCUT2D eigenvalue weighted by molar-refractivity contribution is 6.16. The Morgan fingerprint density at radius 2 is 1.84 bits per heavy atom. The molecule has 3 rings (SSSR count). The van der Waals surface area contributed by atoms with Gasteiger partial charge < -0.3 is 15.0 Å². The monoisotopic (exact) mass is 338 g/mol. The van der Waals surface area contributed by atoms with E-state index in [4.69, 9.17) is 4.74 Å². The third kappa shape index (κ3) is 3.88. The minimum absolute atomic E-state index is 0.200. The second-order valence-corrected chi connectivity index (χ2v) is 6.25. The summed E-state index contributed by atoms with van der Waals surface area (Å²) in [6.07, 6.45) is 0.742. The van der Waals surface area contributed by atoms with Gasteiger partial charge >= 0.3 is 0 Å². The van der Waals surface area contributed by atoms with E-state index in [1.165, 1.54) is 0 Å². The molecule has 2 amide bonds. The molecule has 1 atom stereocenters. The van der Waals surface area contributed by atoms with Gasteiger partial charge in [0.1, 0.15) is 5.92 Å². The molecular weight excluding hydrogens is 316 g/mol. The summed E-state index contributed by atoms with van der Waals surface area (Å²) in [6, 6.07) is 15.8. The van der Waals surface area contributed by atoms with Crippen molar-refractivity contribution >= 4 is 23.2 Å². The van der Waals surface area contributed by atoms with Crippen LogP contribution in [0.15, 0.2) is 48.5 Å². The molecule has 1 N–H and O–H groups in total. The standard InChI is InChI=1S/C20H22N2O3/c1-14-19(23)21-17-9-8-15(12-18(17)22(2)20(14)24)10-11-25-13-16-6-4-3-5-7-16/h3-9,12,14H,10-11,13H2,1-2H3,(H,21,23). The molecule has 0 saturated carbocycles. The number of amides is 2. The Bertz CT molecular complexity index is 774.